The van der Waals surface area contributed by atoms with Crippen molar-refractivity contribution in [2.45, 2.75) is 37.8 Å². The summed E-state index contributed by atoms with van der Waals surface area (Å²) in [6.45, 7) is 7.74. The van der Waals surface area contributed by atoms with Crippen LogP contribution in [0.1, 0.15) is 37.0 Å². The molecule has 2 atom stereocenters. The van der Waals surface area contributed by atoms with Gasteiger partial charge in [0.1, 0.15) is 0 Å². The Morgan fingerprint density at radius 1 is 1.33 bits per heavy atom. The fraction of sp³-hybridized carbons (Fsp3) is 0.667. The fourth-order valence-corrected chi connectivity index (χ4v) is 4.11. The Morgan fingerprint density at radius 2 is 2.19 bits per heavy atom. The maximum Gasteiger partial charge on any atom is 0.0954 e. The van der Waals surface area contributed by atoms with E-state index in [1.165, 1.54) is 30.5 Å². The van der Waals surface area contributed by atoms with Crippen LogP contribution in [0.15, 0.2) is 24.3 Å². The number of fused-ring (bicyclic) bond motifs is 1. The lowest BCUT2D eigenvalue weighted by Gasteiger charge is -2.43. The first-order chi connectivity index (χ1) is 10.2. The number of ether oxygens (including phenoxy) is 1. The van der Waals surface area contributed by atoms with E-state index in [2.05, 4.69) is 41.4 Å². The summed E-state index contributed by atoms with van der Waals surface area (Å²) in [5, 5.41) is 3.76. The molecule has 0 radical (unpaired) electrons. The van der Waals surface area contributed by atoms with Gasteiger partial charge in [0.25, 0.3) is 0 Å². The van der Waals surface area contributed by atoms with Crippen LogP contribution in [0.4, 0.5) is 0 Å². The maximum absolute atomic E-state index is 6.09. The highest BCUT2D eigenvalue weighted by Crippen LogP contribution is 2.41. The molecule has 0 aromatic heterocycles. The van der Waals surface area contributed by atoms with Gasteiger partial charge in [-0.05, 0) is 43.2 Å². The molecule has 0 amide bonds. The first-order valence-corrected chi connectivity index (χ1v) is 8.41. The van der Waals surface area contributed by atoms with Crippen molar-refractivity contribution < 1.29 is 4.74 Å². The van der Waals surface area contributed by atoms with Crippen molar-refractivity contribution in [3.05, 3.63) is 35.4 Å². The van der Waals surface area contributed by atoms with Crippen molar-refractivity contribution in [3.63, 3.8) is 0 Å². The van der Waals surface area contributed by atoms with Crippen molar-refractivity contribution in [2.75, 3.05) is 32.8 Å². The molecule has 0 spiro atoms. The minimum Gasteiger partial charge on any atom is -0.372 e. The van der Waals surface area contributed by atoms with E-state index in [0.29, 0.717) is 5.54 Å². The summed E-state index contributed by atoms with van der Waals surface area (Å²) < 4.78 is 6.09. The van der Waals surface area contributed by atoms with E-state index in [4.69, 9.17) is 4.74 Å². The Bertz CT molecular complexity index is 514. The van der Waals surface area contributed by atoms with Crippen molar-refractivity contribution >= 4 is 0 Å². The van der Waals surface area contributed by atoms with Crippen LogP contribution in [0.5, 0.6) is 0 Å². The largest absolute Gasteiger partial charge is 0.372 e. The quantitative estimate of drug-likeness (QED) is 0.923. The number of piperazine rings is 1. The molecule has 2 heterocycles. The molecule has 2 unspecified atom stereocenters. The monoisotopic (exact) mass is 286 g/mol. The molecule has 2 aliphatic heterocycles. The van der Waals surface area contributed by atoms with Gasteiger partial charge >= 0.3 is 0 Å². The zero-order chi connectivity index (χ0) is 14.3. The number of hydrogen-bond acceptors (Lipinski definition) is 3. The van der Waals surface area contributed by atoms with Crippen molar-refractivity contribution in [1.82, 2.24) is 10.2 Å². The van der Waals surface area contributed by atoms with Crippen LogP contribution in [0.3, 0.4) is 0 Å². The molecule has 1 aromatic rings. The third-order valence-electron chi connectivity index (χ3n) is 5.50. The fourth-order valence-electron chi connectivity index (χ4n) is 4.11. The first kappa shape index (κ1) is 13.7. The zero-order valence-corrected chi connectivity index (χ0v) is 13.0. The van der Waals surface area contributed by atoms with E-state index in [1.54, 1.807) is 0 Å². The summed E-state index contributed by atoms with van der Waals surface area (Å²) >= 11 is 0. The SMILES string of the molecule is CC1(C2CC2)CN(CC2OCCc3ccccc32)CCN1. The highest BCUT2D eigenvalue weighted by Gasteiger charge is 2.44. The second-order valence-corrected chi connectivity index (χ2v) is 7.16. The predicted molar refractivity (Wildman–Crippen MR) is 84.4 cm³/mol. The minimum atomic E-state index is 0.261. The second kappa shape index (κ2) is 5.38. The van der Waals surface area contributed by atoms with E-state index in [0.717, 1.165) is 38.6 Å². The first-order valence-electron chi connectivity index (χ1n) is 8.41. The zero-order valence-electron chi connectivity index (χ0n) is 13.0. The van der Waals surface area contributed by atoms with Gasteiger partial charge in [-0.1, -0.05) is 24.3 Å². The molecule has 1 N–H and O–H groups in total. The lowest BCUT2D eigenvalue weighted by molar-refractivity contribution is 0.00168. The van der Waals surface area contributed by atoms with Gasteiger partial charge in [-0.25, -0.2) is 0 Å². The van der Waals surface area contributed by atoms with Gasteiger partial charge < -0.3 is 10.1 Å². The molecule has 1 aliphatic carbocycles. The molecular formula is C18H26N2O. The molecule has 21 heavy (non-hydrogen) atoms. The van der Waals surface area contributed by atoms with Gasteiger partial charge in [0.2, 0.25) is 0 Å². The summed E-state index contributed by atoms with van der Waals surface area (Å²) in [4.78, 5) is 2.61. The van der Waals surface area contributed by atoms with Crippen LogP contribution < -0.4 is 5.32 Å². The Labute approximate surface area is 127 Å². The van der Waals surface area contributed by atoms with E-state index in [9.17, 15) is 0 Å². The predicted octanol–water partition coefficient (Wildman–Crippen LogP) is 2.37. The maximum atomic E-state index is 6.09. The lowest BCUT2D eigenvalue weighted by Crippen LogP contribution is -2.60. The van der Waals surface area contributed by atoms with Crippen LogP contribution >= 0.6 is 0 Å². The van der Waals surface area contributed by atoms with E-state index >= 15 is 0 Å². The van der Waals surface area contributed by atoms with Gasteiger partial charge in [0.05, 0.1) is 12.7 Å². The van der Waals surface area contributed by atoms with Crippen molar-refractivity contribution in [2.24, 2.45) is 5.92 Å². The van der Waals surface area contributed by atoms with Crippen LogP contribution in [0, 0.1) is 5.92 Å². The number of hydrogen-bond donors (Lipinski definition) is 1. The van der Waals surface area contributed by atoms with Gasteiger partial charge in [-0.3, -0.25) is 4.90 Å². The summed E-state index contributed by atoms with van der Waals surface area (Å²) in [6, 6.07) is 8.81. The summed E-state index contributed by atoms with van der Waals surface area (Å²) in [5.41, 5.74) is 3.22. The van der Waals surface area contributed by atoms with E-state index < -0.39 is 0 Å². The molecule has 2 fully saturated rings. The number of rotatable bonds is 3. The Balaban J connectivity index is 1.46. The van der Waals surface area contributed by atoms with Crippen LogP contribution in [-0.4, -0.2) is 43.2 Å². The molecule has 0 bridgehead atoms. The smallest absolute Gasteiger partial charge is 0.0954 e. The minimum absolute atomic E-state index is 0.261. The van der Waals surface area contributed by atoms with Gasteiger partial charge in [0.15, 0.2) is 0 Å². The van der Waals surface area contributed by atoms with E-state index in [1.807, 2.05) is 0 Å². The normalized spacial score (nSPS) is 33.7. The molecule has 3 heteroatoms. The van der Waals surface area contributed by atoms with E-state index in [-0.39, 0.29) is 6.10 Å². The molecule has 3 nitrogen and oxygen atoms in total. The average molecular weight is 286 g/mol. The molecule has 114 valence electrons. The Hall–Kier alpha value is -0.900. The highest BCUT2D eigenvalue weighted by molar-refractivity contribution is 5.31. The van der Waals surface area contributed by atoms with Crippen molar-refractivity contribution in [1.29, 1.82) is 0 Å². The van der Waals surface area contributed by atoms with Gasteiger partial charge in [-0.2, -0.15) is 0 Å². The number of nitrogens with one attached hydrogen (secondary N) is 1. The summed E-state index contributed by atoms with van der Waals surface area (Å²) in [5.74, 6) is 0.889. The van der Waals surface area contributed by atoms with Crippen molar-refractivity contribution in [3.8, 4) is 0 Å². The molecule has 3 aliphatic rings. The topological polar surface area (TPSA) is 24.5 Å². The second-order valence-electron chi connectivity index (χ2n) is 7.16. The van der Waals surface area contributed by atoms with Gasteiger partial charge in [-0.15, -0.1) is 0 Å². The standard InChI is InChI=1S/C18H26N2O/c1-18(15-6-7-15)13-20(10-9-19-18)12-17-16-5-3-2-4-14(16)8-11-21-17/h2-5,15,17,19H,6-13H2,1H3. The highest BCUT2D eigenvalue weighted by atomic mass is 16.5. The lowest BCUT2D eigenvalue weighted by atomic mass is 9.92. The molecular weight excluding hydrogens is 260 g/mol. The van der Waals surface area contributed by atoms with Crippen LogP contribution in [-0.2, 0) is 11.2 Å². The molecule has 1 saturated heterocycles. The third-order valence-corrected chi connectivity index (χ3v) is 5.50. The molecule has 1 aromatic carbocycles. The number of nitrogens with zero attached hydrogens (tertiary/aromatic N) is 1. The third kappa shape index (κ3) is 2.75. The Kier molecular flexibility index (Phi) is 3.52. The van der Waals surface area contributed by atoms with Gasteiger partial charge in [0, 0.05) is 31.7 Å². The summed E-state index contributed by atoms with van der Waals surface area (Å²) in [6.07, 6.45) is 4.13. The summed E-state index contributed by atoms with van der Waals surface area (Å²) in [7, 11) is 0. The number of benzene rings is 1. The average Bonchev–Trinajstić information content (AvgIpc) is 3.33. The molecule has 1 saturated carbocycles. The van der Waals surface area contributed by atoms with Crippen LogP contribution in [0.25, 0.3) is 0 Å². The Morgan fingerprint density at radius 3 is 3.05 bits per heavy atom. The van der Waals surface area contributed by atoms with Crippen LogP contribution in [0.2, 0.25) is 0 Å². The molecule has 4 rings (SSSR count).